The van der Waals surface area contributed by atoms with Gasteiger partial charge in [0.25, 0.3) is 5.56 Å². The minimum absolute atomic E-state index is 0.222. The molecule has 3 aromatic rings. The molecule has 0 aliphatic heterocycles. The minimum Gasteiger partial charge on any atom is -0.349 e. The molecular formula is C9H6N4O. The van der Waals surface area contributed by atoms with E-state index in [0.29, 0.717) is 5.52 Å². The zero-order chi connectivity index (χ0) is 9.54. The number of fused-ring (bicyclic) bond motifs is 3. The molecule has 0 spiro atoms. The molecule has 3 aromatic heterocycles. The van der Waals surface area contributed by atoms with Crippen LogP contribution in [-0.4, -0.2) is 20.2 Å². The first-order valence-electron chi connectivity index (χ1n) is 4.16. The second-order valence-corrected chi connectivity index (χ2v) is 3.01. The third-order valence-electron chi connectivity index (χ3n) is 2.18. The van der Waals surface area contributed by atoms with E-state index in [0.717, 1.165) is 16.4 Å². The van der Waals surface area contributed by atoms with Gasteiger partial charge in [-0.25, -0.2) is 5.10 Å². The van der Waals surface area contributed by atoms with Gasteiger partial charge in [0.05, 0.1) is 22.6 Å². The van der Waals surface area contributed by atoms with Gasteiger partial charge in [-0.3, -0.25) is 9.78 Å². The number of H-pyrrole nitrogens is 2. The molecule has 0 atom stereocenters. The zero-order valence-electron chi connectivity index (χ0n) is 7.11. The van der Waals surface area contributed by atoms with E-state index in [9.17, 15) is 4.79 Å². The van der Waals surface area contributed by atoms with Crippen LogP contribution < -0.4 is 5.56 Å². The molecule has 0 bridgehead atoms. The molecule has 0 aliphatic rings. The Morgan fingerprint density at radius 2 is 2.29 bits per heavy atom. The van der Waals surface area contributed by atoms with Crippen LogP contribution in [0.1, 0.15) is 0 Å². The lowest BCUT2D eigenvalue weighted by Crippen LogP contribution is -2.06. The van der Waals surface area contributed by atoms with Crippen molar-refractivity contribution in [3.8, 4) is 0 Å². The standard InChI is InChI=1S/C9H6N4O/c14-9-8-5(4-11-13-9)7-6(12-8)2-1-3-10-7/h1-4,12H,(H,13,14). The largest absolute Gasteiger partial charge is 0.349 e. The summed E-state index contributed by atoms with van der Waals surface area (Å²) in [5, 5.41) is 6.86. The van der Waals surface area contributed by atoms with Crippen molar-refractivity contribution in [1.29, 1.82) is 0 Å². The molecule has 68 valence electrons. The first-order valence-corrected chi connectivity index (χ1v) is 4.16. The smallest absolute Gasteiger partial charge is 0.288 e. The van der Waals surface area contributed by atoms with E-state index in [-0.39, 0.29) is 5.56 Å². The summed E-state index contributed by atoms with van der Waals surface area (Å²) >= 11 is 0. The summed E-state index contributed by atoms with van der Waals surface area (Å²) < 4.78 is 0. The molecule has 0 saturated carbocycles. The SMILES string of the molecule is O=c1[nH]ncc2c1[nH]c1cccnc12. The predicted octanol–water partition coefficient (Wildman–Crippen LogP) is 0.799. The maximum absolute atomic E-state index is 11.4. The number of pyridine rings is 1. The van der Waals surface area contributed by atoms with Gasteiger partial charge >= 0.3 is 0 Å². The van der Waals surface area contributed by atoms with E-state index < -0.39 is 0 Å². The lowest BCUT2D eigenvalue weighted by Gasteiger charge is -1.86. The van der Waals surface area contributed by atoms with Gasteiger partial charge < -0.3 is 4.98 Å². The molecule has 14 heavy (non-hydrogen) atoms. The van der Waals surface area contributed by atoms with Gasteiger partial charge in [-0.2, -0.15) is 5.10 Å². The van der Waals surface area contributed by atoms with Crippen molar-refractivity contribution < 1.29 is 0 Å². The third kappa shape index (κ3) is 0.806. The Labute approximate surface area is 77.8 Å². The highest BCUT2D eigenvalue weighted by Gasteiger charge is 2.06. The summed E-state index contributed by atoms with van der Waals surface area (Å²) in [6.07, 6.45) is 3.29. The molecule has 5 heteroatoms. The van der Waals surface area contributed by atoms with Crippen molar-refractivity contribution >= 4 is 21.9 Å². The van der Waals surface area contributed by atoms with Crippen LogP contribution in [0, 0.1) is 0 Å². The number of aromatic amines is 2. The van der Waals surface area contributed by atoms with Crippen molar-refractivity contribution in [1.82, 2.24) is 20.2 Å². The normalized spacial score (nSPS) is 11.1. The van der Waals surface area contributed by atoms with E-state index >= 15 is 0 Å². The summed E-state index contributed by atoms with van der Waals surface area (Å²) in [6.45, 7) is 0. The van der Waals surface area contributed by atoms with Gasteiger partial charge in [0.15, 0.2) is 0 Å². The predicted molar refractivity (Wildman–Crippen MR) is 52.0 cm³/mol. The molecule has 0 amide bonds. The Hall–Kier alpha value is -2.17. The molecule has 5 nitrogen and oxygen atoms in total. The van der Waals surface area contributed by atoms with Crippen LogP contribution >= 0.6 is 0 Å². The second-order valence-electron chi connectivity index (χ2n) is 3.01. The lowest BCUT2D eigenvalue weighted by molar-refractivity contribution is 1.01. The second kappa shape index (κ2) is 2.41. The first-order chi connectivity index (χ1) is 6.86. The molecule has 0 radical (unpaired) electrons. The molecule has 0 aromatic carbocycles. The van der Waals surface area contributed by atoms with Crippen molar-refractivity contribution in [2.24, 2.45) is 0 Å². The Morgan fingerprint density at radius 3 is 3.21 bits per heavy atom. The summed E-state index contributed by atoms with van der Waals surface area (Å²) in [7, 11) is 0. The highest BCUT2D eigenvalue weighted by atomic mass is 16.1. The van der Waals surface area contributed by atoms with E-state index in [4.69, 9.17) is 0 Å². The van der Waals surface area contributed by atoms with Crippen molar-refractivity contribution in [3.05, 3.63) is 34.9 Å². The highest BCUT2D eigenvalue weighted by Crippen LogP contribution is 2.18. The van der Waals surface area contributed by atoms with Crippen molar-refractivity contribution in [2.75, 3.05) is 0 Å². The summed E-state index contributed by atoms with van der Waals surface area (Å²) in [6, 6.07) is 3.70. The molecule has 3 rings (SSSR count). The van der Waals surface area contributed by atoms with Gasteiger partial charge in [-0.15, -0.1) is 0 Å². The van der Waals surface area contributed by atoms with Crippen molar-refractivity contribution in [2.45, 2.75) is 0 Å². The van der Waals surface area contributed by atoms with Gasteiger partial charge in [0, 0.05) is 6.20 Å². The summed E-state index contributed by atoms with van der Waals surface area (Å²) in [5.74, 6) is 0. The number of hydrogen-bond donors (Lipinski definition) is 2. The summed E-state index contributed by atoms with van der Waals surface area (Å²) in [5.41, 5.74) is 1.93. The molecular weight excluding hydrogens is 180 g/mol. The van der Waals surface area contributed by atoms with Gasteiger partial charge in [0.2, 0.25) is 0 Å². The maximum Gasteiger partial charge on any atom is 0.288 e. The van der Waals surface area contributed by atoms with Crippen LogP contribution in [0.4, 0.5) is 0 Å². The maximum atomic E-state index is 11.4. The topological polar surface area (TPSA) is 74.4 Å². The Morgan fingerprint density at radius 1 is 1.36 bits per heavy atom. The fraction of sp³-hybridized carbons (Fsp3) is 0. The monoisotopic (exact) mass is 186 g/mol. The molecule has 2 N–H and O–H groups in total. The van der Waals surface area contributed by atoms with Crippen LogP contribution in [-0.2, 0) is 0 Å². The van der Waals surface area contributed by atoms with E-state index in [1.54, 1.807) is 12.4 Å². The average molecular weight is 186 g/mol. The van der Waals surface area contributed by atoms with E-state index in [1.165, 1.54) is 0 Å². The van der Waals surface area contributed by atoms with E-state index in [1.807, 2.05) is 12.1 Å². The fourth-order valence-corrected chi connectivity index (χ4v) is 1.56. The van der Waals surface area contributed by atoms with Gasteiger partial charge in [0.1, 0.15) is 5.52 Å². The third-order valence-corrected chi connectivity index (χ3v) is 2.18. The highest BCUT2D eigenvalue weighted by molar-refractivity contribution is 6.03. The van der Waals surface area contributed by atoms with Crippen molar-refractivity contribution in [3.63, 3.8) is 0 Å². The molecule has 0 unspecified atom stereocenters. The Balaban J connectivity index is 2.70. The van der Waals surface area contributed by atoms with Crippen LogP contribution in [0.2, 0.25) is 0 Å². The lowest BCUT2D eigenvalue weighted by atomic mass is 10.3. The van der Waals surface area contributed by atoms with Crippen LogP contribution in [0.15, 0.2) is 29.3 Å². The molecule has 0 aliphatic carbocycles. The van der Waals surface area contributed by atoms with E-state index in [2.05, 4.69) is 20.2 Å². The Bertz CT molecular complexity index is 667. The quantitative estimate of drug-likeness (QED) is 0.545. The molecule has 3 heterocycles. The first kappa shape index (κ1) is 7.25. The van der Waals surface area contributed by atoms with Crippen LogP contribution in [0.5, 0.6) is 0 Å². The van der Waals surface area contributed by atoms with Gasteiger partial charge in [-0.1, -0.05) is 0 Å². The number of nitrogens with one attached hydrogen (secondary N) is 2. The number of nitrogens with zero attached hydrogens (tertiary/aromatic N) is 2. The Kier molecular flexibility index (Phi) is 1.25. The number of rotatable bonds is 0. The number of aromatic nitrogens is 4. The number of hydrogen-bond acceptors (Lipinski definition) is 3. The average Bonchev–Trinajstić information content (AvgIpc) is 2.59. The molecule has 0 fully saturated rings. The fourth-order valence-electron chi connectivity index (χ4n) is 1.56. The molecule has 0 saturated heterocycles. The zero-order valence-corrected chi connectivity index (χ0v) is 7.11. The van der Waals surface area contributed by atoms with Gasteiger partial charge in [-0.05, 0) is 12.1 Å². The summed E-state index contributed by atoms with van der Waals surface area (Å²) in [4.78, 5) is 18.6. The van der Waals surface area contributed by atoms with Crippen LogP contribution in [0.25, 0.3) is 21.9 Å². The minimum atomic E-state index is -0.222. The van der Waals surface area contributed by atoms with Crippen LogP contribution in [0.3, 0.4) is 0 Å².